The van der Waals surface area contributed by atoms with Crippen molar-refractivity contribution in [2.75, 3.05) is 7.05 Å². The van der Waals surface area contributed by atoms with Gasteiger partial charge in [0.05, 0.1) is 10.6 Å². The lowest BCUT2D eigenvalue weighted by Gasteiger charge is -2.25. The van der Waals surface area contributed by atoms with E-state index in [0.29, 0.717) is 6.42 Å². The van der Waals surface area contributed by atoms with Gasteiger partial charge in [0.15, 0.2) is 0 Å². The standard InChI is InChI=1S/C20H24N4O4S/c1-13(2)10-18(20(25)26)24(3)29(27,28)15-6-4-14(5-7-15)11-17-19-16(8-9-21-17)22-12-23-19/h4-9,12-13,18,21H,10-11H2,1-3H3,(H,25,26)/t18-/m0/s1. The summed E-state index contributed by atoms with van der Waals surface area (Å²) in [6, 6.07) is 7.19. The van der Waals surface area contributed by atoms with E-state index in [0.717, 1.165) is 27.0 Å². The second-order valence-electron chi connectivity index (χ2n) is 7.39. The molecule has 9 heteroatoms. The number of benzene rings is 1. The average molecular weight is 417 g/mol. The van der Waals surface area contributed by atoms with Crippen LogP contribution in [0.25, 0.3) is 11.4 Å². The van der Waals surface area contributed by atoms with Crippen molar-refractivity contribution in [3.05, 3.63) is 54.1 Å². The van der Waals surface area contributed by atoms with Crippen LogP contribution < -0.4 is 0 Å². The monoisotopic (exact) mass is 416 g/mol. The smallest absolute Gasteiger partial charge is 0.322 e. The van der Waals surface area contributed by atoms with Crippen LogP contribution in [-0.2, 0) is 21.2 Å². The molecular formula is C20H24N4O4S. The van der Waals surface area contributed by atoms with Crippen molar-refractivity contribution in [2.45, 2.75) is 37.6 Å². The molecule has 0 aliphatic carbocycles. The molecule has 1 aromatic carbocycles. The van der Waals surface area contributed by atoms with Gasteiger partial charge in [0.1, 0.15) is 18.1 Å². The normalized spacial score (nSPS) is 13.3. The minimum Gasteiger partial charge on any atom is -0.480 e. The lowest BCUT2D eigenvalue weighted by molar-refractivity contribution is -0.141. The van der Waals surface area contributed by atoms with Gasteiger partial charge in [-0.2, -0.15) is 4.31 Å². The van der Waals surface area contributed by atoms with E-state index in [1.54, 1.807) is 18.3 Å². The van der Waals surface area contributed by atoms with Gasteiger partial charge < -0.3 is 10.1 Å². The Labute approximate surface area is 170 Å². The highest BCUT2D eigenvalue weighted by Crippen LogP contribution is 2.24. The molecule has 8 nitrogen and oxygen atoms in total. The van der Waals surface area contributed by atoms with Gasteiger partial charge in [-0.15, -0.1) is 0 Å². The maximum atomic E-state index is 12.9. The number of carbonyl (C=O) groups is 1. The Balaban J connectivity index is 1.81. The van der Waals surface area contributed by atoms with Gasteiger partial charge >= 0.3 is 5.97 Å². The molecule has 0 saturated carbocycles. The summed E-state index contributed by atoms with van der Waals surface area (Å²) in [7, 11) is -2.61. The van der Waals surface area contributed by atoms with Crippen LogP contribution in [0.2, 0.25) is 0 Å². The van der Waals surface area contributed by atoms with Crippen LogP contribution in [0, 0.1) is 5.92 Å². The molecule has 2 aliphatic rings. The van der Waals surface area contributed by atoms with Crippen molar-refractivity contribution >= 4 is 16.0 Å². The fourth-order valence-corrected chi connectivity index (χ4v) is 4.55. The highest BCUT2D eigenvalue weighted by Gasteiger charge is 2.33. The molecule has 0 radical (unpaired) electrons. The molecule has 1 atom stereocenters. The van der Waals surface area contributed by atoms with Crippen molar-refractivity contribution in [3.8, 4) is 11.4 Å². The van der Waals surface area contributed by atoms with Gasteiger partial charge in [0.2, 0.25) is 10.0 Å². The average Bonchev–Trinajstić information content (AvgIpc) is 3.15. The molecule has 0 amide bonds. The number of aromatic nitrogens is 3. The van der Waals surface area contributed by atoms with Crippen LogP contribution >= 0.6 is 0 Å². The third-order valence-electron chi connectivity index (χ3n) is 4.81. The van der Waals surface area contributed by atoms with Crippen LogP contribution in [0.3, 0.4) is 0 Å². The Kier molecular flexibility index (Phi) is 5.99. The molecule has 154 valence electrons. The minimum absolute atomic E-state index is 0.0503. The highest BCUT2D eigenvalue weighted by atomic mass is 32.2. The molecule has 3 rings (SSSR count). The maximum Gasteiger partial charge on any atom is 0.322 e. The van der Waals surface area contributed by atoms with E-state index in [1.807, 2.05) is 19.9 Å². The molecule has 2 heterocycles. The number of carboxylic acids is 1. The van der Waals surface area contributed by atoms with Gasteiger partial charge in [0.25, 0.3) is 0 Å². The van der Waals surface area contributed by atoms with Crippen molar-refractivity contribution in [3.63, 3.8) is 0 Å². The lowest BCUT2D eigenvalue weighted by Crippen LogP contribution is -2.43. The number of aliphatic carboxylic acids is 1. The number of H-pyrrole nitrogens is 1. The lowest BCUT2D eigenvalue weighted by atomic mass is 10.0. The number of aromatic amines is 1. The number of sulfonamides is 1. The molecule has 0 unspecified atom stereocenters. The summed E-state index contributed by atoms with van der Waals surface area (Å²) in [6.07, 6.45) is 4.07. The number of nitrogens with zero attached hydrogens (tertiary/aromatic N) is 3. The van der Waals surface area contributed by atoms with E-state index in [1.165, 1.54) is 25.5 Å². The zero-order valence-electron chi connectivity index (χ0n) is 16.5. The molecule has 0 bridgehead atoms. The highest BCUT2D eigenvalue weighted by molar-refractivity contribution is 7.89. The number of hydrogen-bond acceptors (Lipinski definition) is 5. The van der Waals surface area contributed by atoms with Gasteiger partial charge in [-0.1, -0.05) is 26.0 Å². The van der Waals surface area contributed by atoms with Crippen LogP contribution in [0.15, 0.2) is 47.8 Å². The molecule has 29 heavy (non-hydrogen) atoms. The SMILES string of the molecule is CC(C)C[C@@H](C(=O)O)N(C)S(=O)(=O)c1ccc(Cc2[nH]ccc3ncnc2-3)cc1. The fraction of sp³-hybridized carbons (Fsp3) is 0.350. The summed E-state index contributed by atoms with van der Waals surface area (Å²) in [5, 5.41) is 9.46. The summed E-state index contributed by atoms with van der Waals surface area (Å²) < 4.78 is 26.8. The Morgan fingerprint density at radius 3 is 2.48 bits per heavy atom. The Morgan fingerprint density at radius 2 is 1.86 bits per heavy atom. The first-order valence-electron chi connectivity index (χ1n) is 9.27. The largest absolute Gasteiger partial charge is 0.480 e. The summed E-state index contributed by atoms with van der Waals surface area (Å²) in [4.78, 5) is 23.2. The summed E-state index contributed by atoms with van der Waals surface area (Å²) in [6.45, 7) is 3.72. The quantitative estimate of drug-likeness (QED) is 0.583. The van der Waals surface area contributed by atoms with E-state index in [4.69, 9.17) is 0 Å². The number of fused-ring (bicyclic) bond motifs is 1. The van der Waals surface area contributed by atoms with Crippen LogP contribution in [0.4, 0.5) is 0 Å². The fourth-order valence-electron chi connectivity index (χ4n) is 3.22. The van der Waals surface area contributed by atoms with Gasteiger partial charge in [-0.3, -0.25) is 4.79 Å². The molecular weight excluding hydrogens is 392 g/mol. The Morgan fingerprint density at radius 1 is 1.17 bits per heavy atom. The van der Waals surface area contributed by atoms with E-state index in [9.17, 15) is 18.3 Å². The molecule has 0 aromatic heterocycles. The minimum atomic E-state index is -3.92. The predicted octanol–water partition coefficient (Wildman–Crippen LogP) is 2.62. The maximum absolute atomic E-state index is 12.9. The second-order valence-corrected chi connectivity index (χ2v) is 9.39. The van der Waals surface area contributed by atoms with E-state index >= 15 is 0 Å². The van der Waals surface area contributed by atoms with Crippen molar-refractivity contribution in [1.82, 2.24) is 19.3 Å². The first-order chi connectivity index (χ1) is 13.7. The number of pyridine rings is 1. The molecule has 0 fully saturated rings. The van der Waals surface area contributed by atoms with E-state index in [2.05, 4.69) is 15.0 Å². The zero-order valence-corrected chi connectivity index (χ0v) is 17.3. The molecule has 0 saturated heterocycles. The molecule has 2 N–H and O–H groups in total. The number of nitrogens with one attached hydrogen (secondary N) is 1. The van der Waals surface area contributed by atoms with E-state index < -0.39 is 22.0 Å². The molecule has 2 aliphatic heterocycles. The number of rotatable bonds is 8. The molecule has 0 spiro atoms. The Hall–Kier alpha value is -2.78. The second kappa shape index (κ2) is 8.30. The van der Waals surface area contributed by atoms with Gasteiger partial charge in [-0.25, -0.2) is 18.4 Å². The third kappa shape index (κ3) is 4.46. The number of likely N-dealkylation sites (N-methyl/N-ethyl adjacent to an activating group) is 1. The zero-order chi connectivity index (χ0) is 21.2. The van der Waals surface area contributed by atoms with Crippen LogP contribution in [0.1, 0.15) is 31.5 Å². The van der Waals surface area contributed by atoms with Crippen LogP contribution in [-0.4, -0.2) is 51.8 Å². The first-order valence-corrected chi connectivity index (χ1v) is 10.7. The Bertz CT molecular complexity index is 1060. The van der Waals surface area contributed by atoms with Crippen molar-refractivity contribution < 1.29 is 18.3 Å². The van der Waals surface area contributed by atoms with Gasteiger partial charge in [0, 0.05) is 25.4 Å². The summed E-state index contributed by atoms with van der Waals surface area (Å²) in [5.41, 5.74) is 3.36. The first kappa shape index (κ1) is 20.9. The topological polar surface area (TPSA) is 116 Å². The van der Waals surface area contributed by atoms with Crippen LogP contribution in [0.5, 0.6) is 0 Å². The summed E-state index contributed by atoms with van der Waals surface area (Å²) >= 11 is 0. The summed E-state index contributed by atoms with van der Waals surface area (Å²) in [5.74, 6) is -1.10. The predicted molar refractivity (Wildman–Crippen MR) is 108 cm³/mol. The number of carboxylic acid groups (broad SMARTS) is 1. The molecule has 1 aromatic rings. The third-order valence-corrected chi connectivity index (χ3v) is 6.69. The van der Waals surface area contributed by atoms with Crippen molar-refractivity contribution in [1.29, 1.82) is 0 Å². The number of hydrogen-bond donors (Lipinski definition) is 2. The van der Waals surface area contributed by atoms with Gasteiger partial charge in [-0.05, 0) is 36.1 Å². The van der Waals surface area contributed by atoms with Crippen molar-refractivity contribution in [2.24, 2.45) is 5.92 Å². The van der Waals surface area contributed by atoms with E-state index in [-0.39, 0.29) is 17.2 Å². The number of imidazole rings is 1.